The molecule has 2 nitrogen and oxygen atoms in total. The Balaban J connectivity index is 2.67. The van der Waals surface area contributed by atoms with Crippen LogP contribution < -0.4 is 10.1 Å². The number of ether oxygens (including phenoxy) is 1. The van der Waals surface area contributed by atoms with Crippen molar-refractivity contribution in [2.75, 3.05) is 13.7 Å². The van der Waals surface area contributed by atoms with Crippen molar-refractivity contribution >= 4 is 34.8 Å². The van der Waals surface area contributed by atoms with Gasteiger partial charge in [0.25, 0.3) is 0 Å². The Labute approximate surface area is 110 Å². The Morgan fingerprint density at radius 3 is 2.81 bits per heavy atom. The molecular weight excluding hydrogens is 268 g/mol. The van der Waals surface area contributed by atoms with Crippen molar-refractivity contribution in [2.24, 2.45) is 0 Å². The lowest BCUT2D eigenvalue weighted by Gasteiger charge is -2.08. The smallest absolute Gasteiger partial charge is 0.138 e. The van der Waals surface area contributed by atoms with E-state index in [0.29, 0.717) is 15.8 Å². The molecule has 0 unspecified atom stereocenters. The van der Waals surface area contributed by atoms with Gasteiger partial charge in [-0.2, -0.15) is 0 Å². The monoisotopic (exact) mass is 279 g/mol. The summed E-state index contributed by atoms with van der Waals surface area (Å²) < 4.78 is 5.39. The summed E-state index contributed by atoms with van der Waals surface area (Å²) in [6, 6.07) is 5.61. The summed E-state index contributed by atoms with van der Waals surface area (Å²) in [6.07, 6.45) is 0. The molecule has 1 N–H and O–H groups in total. The molecule has 16 heavy (non-hydrogen) atoms. The van der Waals surface area contributed by atoms with Crippen LogP contribution in [0, 0.1) is 0 Å². The minimum absolute atomic E-state index is 0.218. The fourth-order valence-electron chi connectivity index (χ4n) is 1.15. The maximum absolute atomic E-state index is 6.04. The molecule has 88 valence electrons. The third-order valence-electron chi connectivity index (χ3n) is 1.86. The van der Waals surface area contributed by atoms with Crippen LogP contribution in [0.2, 0.25) is 5.02 Å². The Bertz CT molecular complexity index is 379. The lowest BCUT2D eigenvalue weighted by atomic mass is 10.2. The molecule has 0 aliphatic heterocycles. The predicted octanol–water partition coefficient (Wildman–Crippen LogP) is 3.76. The van der Waals surface area contributed by atoms with Crippen LogP contribution in [0.1, 0.15) is 5.56 Å². The van der Waals surface area contributed by atoms with Gasteiger partial charge in [-0.25, -0.2) is 0 Å². The minimum Gasteiger partial charge on any atom is -0.486 e. The van der Waals surface area contributed by atoms with Crippen molar-refractivity contribution < 1.29 is 4.74 Å². The number of hydrogen-bond donors (Lipinski definition) is 1. The van der Waals surface area contributed by atoms with Crippen molar-refractivity contribution in [1.29, 1.82) is 0 Å². The molecule has 1 rings (SSSR count). The second kappa shape index (κ2) is 7.02. The third kappa shape index (κ3) is 4.22. The summed E-state index contributed by atoms with van der Waals surface area (Å²) in [5.74, 6) is 0.596. The Kier molecular flexibility index (Phi) is 5.99. The lowest BCUT2D eigenvalue weighted by Crippen LogP contribution is -2.05. The molecule has 0 atom stereocenters. The van der Waals surface area contributed by atoms with Gasteiger partial charge in [0.15, 0.2) is 0 Å². The average Bonchev–Trinajstić information content (AvgIpc) is 2.28. The van der Waals surface area contributed by atoms with Crippen LogP contribution in [0.25, 0.3) is 0 Å². The molecule has 0 saturated heterocycles. The zero-order valence-corrected chi connectivity index (χ0v) is 11.0. The first kappa shape index (κ1) is 13.7. The van der Waals surface area contributed by atoms with E-state index >= 15 is 0 Å². The van der Waals surface area contributed by atoms with Crippen molar-refractivity contribution in [1.82, 2.24) is 5.32 Å². The van der Waals surface area contributed by atoms with E-state index < -0.39 is 0 Å². The molecule has 0 aliphatic rings. The van der Waals surface area contributed by atoms with E-state index in [1.807, 2.05) is 25.2 Å². The van der Waals surface area contributed by atoms with Gasteiger partial charge in [0.1, 0.15) is 12.4 Å². The van der Waals surface area contributed by atoms with Crippen LogP contribution >= 0.6 is 34.8 Å². The number of halogens is 3. The zero-order valence-electron chi connectivity index (χ0n) is 8.77. The molecule has 0 radical (unpaired) electrons. The molecule has 0 heterocycles. The Morgan fingerprint density at radius 2 is 2.25 bits per heavy atom. The first-order valence-electron chi connectivity index (χ1n) is 4.68. The molecule has 0 bridgehead atoms. The van der Waals surface area contributed by atoms with Gasteiger partial charge >= 0.3 is 0 Å². The van der Waals surface area contributed by atoms with Crippen LogP contribution in [-0.2, 0) is 6.54 Å². The highest BCUT2D eigenvalue weighted by Crippen LogP contribution is 2.26. The number of hydrogen-bond acceptors (Lipinski definition) is 2. The van der Waals surface area contributed by atoms with Crippen molar-refractivity contribution in [3.8, 4) is 5.75 Å². The Hall–Kier alpha value is -0.410. The minimum atomic E-state index is 0.218. The van der Waals surface area contributed by atoms with E-state index in [0.717, 1.165) is 12.1 Å². The molecular formula is C11H12Cl3NO. The number of nitrogens with one attached hydrogen (secondary N) is 1. The van der Waals surface area contributed by atoms with E-state index in [9.17, 15) is 0 Å². The summed E-state index contributed by atoms with van der Waals surface area (Å²) >= 11 is 17.2. The van der Waals surface area contributed by atoms with E-state index in [-0.39, 0.29) is 6.61 Å². The number of rotatable bonds is 5. The summed E-state index contributed by atoms with van der Waals surface area (Å²) in [5, 5.41) is 4.03. The van der Waals surface area contributed by atoms with E-state index in [1.165, 1.54) is 5.54 Å². The first-order chi connectivity index (χ1) is 7.67. The highest BCUT2D eigenvalue weighted by molar-refractivity contribution is 6.36. The molecule has 0 saturated carbocycles. The predicted molar refractivity (Wildman–Crippen MR) is 69.5 cm³/mol. The second-order valence-corrected chi connectivity index (χ2v) is 4.25. The van der Waals surface area contributed by atoms with Gasteiger partial charge in [-0.15, -0.1) is 0 Å². The molecule has 1 aromatic carbocycles. The lowest BCUT2D eigenvalue weighted by molar-refractivity contribution is 0.359. The van der Waals surface area contributed by atoms with Gasteiger partial charge < -0.3 is 10.1 Å². The quantitative estimate of drug-likeness (QED) is 0.887. The molecule has 0 fully saturated rings. The topological polar surface area (TPSA) is 21.3 Å². The first-order valence-corrected chi connectivity index (χ1v) is 5.87. The van der Waals surface area contributed by atoms with Crippen LogP contribution in [0.15, 0.2) is 28.8 Å². The molecule has 0 aliphatic carbocycles. The fourth-order valence-corrected chi connectivity index (χ4v) is 1.53. The fraction of sp³-hybridized carbons (Fsp3) is 0.273. The maximum atomic E-state index is 6.04. The van der Waals surface area contributed by atoms with Gasteiger partial charge in [-0.1, -0.05) is 40.9 Å². The van der Waals surface area contributed by atoms with E-state index in [2.05, 4.69) is 5.32 Å². The molecule has 0 amide bonds. The van der Waals surface area contributed by atoms with Crippen molar-refractivity contribution in [3.63, 3.8) is 0 Å². The van der Waals surface area contributed by atoms with Crippen LogP contribution in [-0.4, -0.2) is 13.7 Å². The summed E-state index contributed by atoms with van der Waals surface area (Å²) in [5.41, 5.74) is 2.36. The molecule has 0 aromatic heterocycles. The van der Waals surface area contributed by atoms with Gasteiger partial charge in [0.2, 0.25) is 0 Å². The summed E-state index contributed by atoms with van der Waals surface area (Å²) in [7, 11) is 1.88. The molecule has 1 aromatic rings. The highest BCUT2D eigenvalue weighted by atomic mass is 35.5. The second-order valence-electron chi connectivity index (χ2n) is 3.14. The molecule has 5 heteroatoms. The van der Waals surface area contributed by atoms with E-state index in [4.69, 9.17) is 39.5 Å². The number of benzene rings is 1. The van der Waals surface area contributed by atoms with Crippen molar-refractivity contribution in [3.05, 3.63) is 39.4 Å². The largest absolute Gasteiger partial charge is 0.486 e. The SMILES string of the molecule is CNCc1ccc(OCC(Cl)=CCl)c(Cl)c1. The Morgan fingerprint density at radius 1 is 1.50 bits per heavy atom. The van der Waals surface area contributed by atoms with Gasteiger partial charge in [-0.3, -0.25) is 0 Å². The zero-order chi connectivity index (χ0) is 12.0. The third-order valence-corrected chi connectivity index (χ3v) is 2.75. The highest BCUT2D eigenvalue weighted by Gasteiger charge is 2.03. The van der Waals surface area contributed by atoms with Crippen LogP contribution in [0.4, 0.5) is 0 Å². The maximum Gasteiger partial charge on any atom is 0.138 e. The summed E-state index contributed by atoms with van der Waals surface area (Å²) in [4.78, 5) is 0. The van der Waals surface area contributed by atoms with Gasteiger partial charge in [0, 0.05) is 12.1 Å². The van der Waals surface area contributed by atoms with E-state index in [1.54, 1.807) is 0 Å². The normalized spacial score (nSPS) is 11.6. The van der Waals surface area contributed by atoms with Crippen LogP contribution in [0.5, 0.6) is 5.75 Å². The summed E-state index contributed by atoms with van der Waals surface area (Å²) in [6.45, 7) is 0.985. The van der Waals surface area contributed by atoms with Gasteiger partial charge in [-0.05, 0) is 24.7 Å². The average molecular weight is 281 g/mol. The molecule has 0 spiro atoms. The van der Waals surface area contributed by atoms with Crippen LogP contribution in [0.3, 0.4) is 0 Å². The van der Waals surface area contributed by atoms with Gasteiger partial charge in [0.05, 0.1) is 10.1 Å². The van der Waals surface area contributed by atoms with Crippen molar-refractivity contribution in [2.45, 2.75) is 6.54 Å². The standard InChI is InChI=1S/C11H12Cl3NO/c1-15-6-8-2-3-11(10(14)4-8)16-7-9(13)5-12/h2-5,15H,6-7H2,1H3.